The molecule has 0 aliphatic carbocycles. The van der Waals surface area contributed by atoms with E-state index in [1.807, 2.05) is 19.1 Å². The van der Waals surface area contributed by atoms with Gasteiger partial charge in [-0.2, -0.15) is 0 Å². The fourth-order valence-electron chi connectivity index (χ4n) is 2.26. The number of carboxylic acids is 1. The summed E-state index contributed by atoms with van der Waals surface area (Å²) in [5, 5.41) is 12.1. The smallest absolute Gasteiger partial charge is 0.307 e. The molecular weight excluding hydrogens is 218 g/mol. The molecule has 1 saturated heterocycles. The van der Waals surface area contributed by atoms with Crippen LogP contribution >= 0.6 is 0 Å². The first-order valence-electron chi connectivity index (χ1n) is 5.63. The SMILES string of the molecule is Cc1ccc(C=O)c(C2CC(C(=O)O)CN2)c1. The van der Waals surface area contributed by atoms with E-state index in [1.54, 1.807) is 6.07 Å². The average Bonchev–Trinajstić information content (AvgIpc) is 2.78. The summed E-state index contributed by atoms with van der Waals surface area (Å²) in [5.41, 5.74) is 2.62. The number of hydrogen-bond acceptors (Lipinski definition) is 3. The van der Waals surface area contributed by atoms with Crippen LogP contribution in [0.1, 0.15) is 33.9 Å². The second-order valence-electron chi connectivity index (χ2n) is 4.48. The van der Waals surface area contributed by atoms with E-state index in [1.165, 1.54) is 0 Å². The molecule has 0 bridgehead atoms. The summed E-state index contributed by atoms with van der Waals surface area (Å²) < 4.78 is 0. The molecule has 1 aliphatic heterocycles. The molecule has 1 heterocycles. The molecule has 90 valence electrons. The van der Waals surface area contributed by atoms with Crippen molar-refractivity contribution < 1.29 is 14.7 Å². The Hall–Kier alpha value is -1.68. The molecule has 0 aromatic heterocycles. The van der Waals surface area contributed by atoms with Gasteiger partial charge in [0.1, 0.15) is 6.29 Å². The van der Waals surface area contributed by atoms with Crippen LogP contribution in [0.15, 0.2) is 18.2 Å². The number of hydrogen-bond donors (Lipinski definition) is 2. The molecule has 0 saturated carbocycles. The maximum atomic E-state index is 11.0. The topological polar surface area (TPSA) is 66.4 Å². The molecule has 2 atom stereocenters. The van der Waals surface area contributed by atoms with Crippen LogP contribution in [0.3, 0.4) is 0 Å². The molecule has 1 aromatic carbocycles. The van der Waals surface area contributed by atoms with Crippen molar-refractivity contribution >= 4 is 12.3 Å². The van der Waals surface area contributed by atoms with Gasteiger partial charge in [0.05, 0.1) is 5.92 Å². The Morgan fingerprint density at radius 2 is 2.29 bits per heavy atom. The van der Waals surface area contributed by atoms with Gasteiger partial charge in [0, 0.05) is 18.2 Å². The third-order valence-electron chi connectivity index (χ3n) is 3.22. The molecular formula is C13H15NO3. The minimum absolute atomic E-state index is 0.0313. The summed E-state index contributed by atoms with van der Waals surface area (Å²) >= 11 is 0. The van der Waals surface area contributed by atoms with Gasteiger partial charge in [-0.05, 0) is 18.9 Å². The van der Waals surface area contributed by atoms with Crippen LogP contribution in [0.5, 0.6) is 0 Å². The van der Waals surface area contributed by atoms with E-state index < -0.39 is 5.97 Å². The number of aryl methyl sites for hydroxylation is 1. The molecule has 2 N–H and O–H groups in total. The lowest BCUT2D eigenvalue weighted by molar-refractivity contribution is -0.141. The Morgan fingerprint density at radius 1 is 1.53 bits per heavy atom. The molecule has 0 radical (unpaired) electrons. The minimum Gasteiger partial charge on any atom is -0.481 e. The van der Waals surface area contributed by atoms with Gasteiger partial charge in [-0.1, -0.05) is 23.8 Å². The van der Waals surface area contributed by atoms with Crippen molar-refractivity contribution in [2.75, 3.05) is 6.54 Å². The van der Waals surface area contributed by atoms with E-state index in [-0.39, 0.29) is 12.0 Å². The fourth-order valence-corrected chi connectivity index (χ4v) is 2.26. The molecule has 0 spiro atoms. The highest BCUT2D eigenvalue weighted by Gasteiger charge is 2.31. The Balaban J connectivity index is 2.26. The normalized spacial score (nSPS) is 23.6. The third kappa shape index (κ3) is 2.36. The first-order valence-corrected chi connectivity index (χ1v) is 5.63. The first kappa shape index (κ1) is 11.8. The molecule has 0 amide bonds. The summed E-state index contributed by atoms with van der Waals surface area (Å²) in [6, 6.07) is 5.59. The van der Waals surface area contributed by atoms with Gasteiger partial charge in [-0.25, -0.2) is 0 Å². The van der Waals surface area contributed by atoms with E-state index in [4.69, 9.17) is 5.11 Å². The van der Waals surface area contributed by atoms with E-state index in [9.17, 15) is 9.59 Å². The number of carboxylic acid groups (broad SMARTS) is 1. The number of benzene rings is 1. The Bertz CT molecular complexity index is 456. The summed E-state index contributed by atoms with van der Waals surface area (Å²) in [4.78, 5) is 21.9. The lowest BCUT2D eigenvalue weighted by Gasteiger charge is -2.13. The second kappa shape index (κ2) is 4.67. The second-order valence-corrected chi connectivity index (χ2v) is 4.48. The molecule has 1 aliphatic rings. The Kier molecular flexibility index (Phi) is 3.24. The van der Waals surface area contributed by atoms with Crippen molar-refractivity contribution in [3.05, 3.63) is 34.9 Å². The highest BCUT2D eigenvalue weighted by Crippen LogP contribution is 2.29. The quantitative estimate of drug-likeness (QED) is 0.777. The van der Waals surface area contributed by atoms with Crippen molar-refractivity contribution in [2.24, 2.45) is 5.92 Å². The van der Waals surface area contributed by atoms with Crippen molar-refractivity contribution in [3.8, 4) is 0 Å². The molecule has 1 aromatic rings. The van der Waals surface area contributed by atoms with Gasteiger partial charge in [0.2, 0.25) is 0 Å². The molecule has 2 rings (SSSR count). The molecule has 2 unspecified atom stereocenters. The highest BCUT2D eigenvalue weighted by atomic mass is 16.4. The average molecular weight is 233 g/mol. The van der Waals surface area contributed by atoms with Crippen LogP contribution < -0.4 is 5.32 Å². The standard InChI is InChI=1S/C13H15NO3/c1-8-2-3-9(7-15)11(4-8)12-5-10(6-14-12)13(16)17/h2-4,7,10,12,14H,5-6H2,1H3,(H,16,17). The van der Waals surface area contributed by atoms with Gasteiger partial charge < -0.3 is 10.4 Å². The van der Waals surface area contributed by atoms with E-state index in [0.717, 1.165) is 17.4 Å². The molecule has 17 heavy (non-hydrogen) atoms. The maximum absolute atomic E-state index is 11.0. The number of nitrogens with one attached hydrogen (secondary N) is 1. The van der Waals surface area contributed by atoms with Crippen LogP contribution in [0, 0.1) is 12.8 Å². The van der Waals surface area contributed by atoms with Gasteiger partial charge >= 0.3 is 5.97 Å². The summed E-state index contributed by atoms with van der Waals surface area (Å²) in [6.45, 7) is 2.42. The van der Waals surface area contributed by atoms with Crippen LogP contribution in [-0.4, -0.2) is 23.9 Å². The summed E-state index contributed by atoms with van der Waals surface area (Å²) in [5.74, 6) is -1.14. The predicted molar refractivity (Wildman–Crippen MR) is 63.1 cm³/mol. The van der Waals surface area contributed by atoms with Crippen molar-refractivity contribution in [3.63, 3.8) is 0 Å². The minimum atomic E-state index is -0.777. The van der Waals surface area contributed by atoms with Crippen LogP contribution in [0.2, 0.25) is 0 Å². The number of carbonyl (C=O) groups is 2. The van der Waals surface area contributed by atoms with Gasteiger partial charge in [0.15, 0.2) is 0 Å². The van der Waals surface area contributed by atoms with Crippen molar-refractivity contribution in [2.45, 2.75) is 19.4 Å². The van der Waals surface area contributed by atoms with Crippen molar-refractivity contribution in [1.29, 1.82) is 0 Å². The molecule has 1 fully saturated rings. The summed E-state index contributed by atoms with van der Waals surface area (Å²) in [7, 11) is 0. The largest absolute Gasteiger partial charge is 0.481 e. The summed E-state index contributed by atoms with van der Waals surface area (Å²) in [6.07, 6.45) is 1.37. The van der Waals surface area contributed by atoms with Gasteiger partial charge in [0.25, 0.3) is 0 Å². The number of aldehydes is 1. The Morgan fingerprint density at radius 3 is 2.88 bits per heavy atom. The van der Waals surface area contributed by atoms with Crippen molar-refractivity contribution in [1.82, 2.24) is 5.32 Å². The third-order valence-corrected chi connectivity index (χ3v) is 3.22. The van der Waals surface area contributed by atoms with Gasteiger partial charge in [-0.15, -0.1) is 0 Å². The number of carbonyl (C=O) groups excluding carboxylic acids is 1. The Labute approximate surface area is 99.6 Å². The highest BCUT2D eigenvalue weighted by molar-refractivity contribution is 5.78. The van der Waals surface area contributed by atoms with E-state index >= 15 is 0 Å². The monoisotopic (exact) mass is 233 g/mol. The number of rotatable bonds is 3. The van der Waals surface area contributed by atoms with E-state index in [0.29, 0.717) is 18.5 Å². The first-order chi connectivity index (χ1) is 8.11. The van der Waals surface area contributed by atoms with Gasteiger partial charge in [-0.3, -0.25) is 9.59 Å². The zero-order chi connectivity index (χ0) is 12.4. The van der Waals surface area contributed by atoms with Crippen LogP contribution in [0.25, 0.3) is 0 Å². The lowest BCUT2D eigenvalue weighted by atomic mass is 9.95. The molecule has 4 heteroatoms. The van der Waals surface area contributed by atoms with Crippen LogP contribution in [-0.2, 0) is 4.79 Å². The fraction of sp³-hybridized carbons (Fsp3) is 0.385. The number of aliphatic carboxylic acids is 1. The lowest BCUT2D eigenvalue weighted by Crippen LogP contribution is -2.17. The zero-order valence-electron chi connectivity index (χ0n) is 9.64. The van der Waals surface area contributed by atoms with Crippen LogP contribution in [0.4, 0.5) is 0 Å². The molecule has 4 nitrogen and oxygen atoms in total. The maximum Gasteiger partial charge on any atom is 0.307 e. The van der Waals surface area contributed by atoms with E-state index in [2.05, 4.69) is 5.32 Å². The predicted octanol–water partition coefficient (Wildman–Crippen LogP) is 1.54. The zero-order valence-corrected chi connectivity index (χ0v) is 9.64.